The highest BCUT2D eigenvalue weighted by molar-refractivity contribution is 5.30. The molecule has 0 amide bonds. The molecule has 20 heavy (non-hydrogen) atoms. The average Bonchev–Trinajstić information content (AvgIpc) is 2.40. The standard InChI is InChI=1S/C15H23N5/c1-11(2)14-10-12(3)17-15(19-14)18-13-4-7-20(8-5-13)9-6-16/h10-11,13H,4-5,7-9H2,1-3H3,(H,17,18,19). The van der Waals surface area contributed by atoms with Crippen molar-refractivity contribution in [3.63, 3.8) is 0 Å². The second-order valence-electron chi connectivity index (χ2n) is 5.77. The summed E-state index contributed by atoms with van der Waals surface area (Å²) in [6.45, 7) is 8.76. The molecule has 2 heterocycles. The molecule has 2 rings (SSSR count). The number of rotatable bonds is 4. The van der Waals surface area contributed by atoms with Gasteiger partial charge in [-0.25, -0.2) is 9.97 Å². The molecule has 0 spiro atoms. The van der Waals surface area contributed by atoms with Crippen LogP contribution in [0.1, 0.15) is 44.0 Å². The predicted octanol–water partition coefficient (Wildman–Crippen LogP) is 2.31. The average molecular weight is 273 g/mol. The van der Waals surface area contributed by atoms with E-state index in [1.54, 1.807) is 0 Å². The zero-order valence-corrected chi connectivity index (χ0v) is 12.6. The van der Waals surface area contributed by atoms with Gasteiger partial charge in [-0.1, -0.05) is 13.8 Å². The van der Waals surface area contributed by atoms with Crippen LogP contribution in [0, 0.1) is 18.3 Å². The predicted molar refractivity (Wildman–Crippen MR) is 79.6 cm³/mol. The zero-order chi connectivity index (χ0) is 14.5. The molecule has 1 aliphatic rings. The molecule has 0 aromatic carbocycles. The van der Waals surface area contributed by atoms with Crippen molar-refractivity contribution in [1.82, 2.24) is 14.9 Å². The molecule has 1 aliphatic heterocycles. The van der Waals surface area contributed by atoms with E-state index in [0.717, 1.165) is 43.3 Å². The molecule has 1 aromatic rings. The lowest BCUT2D eigenvalue weighted by Gasteiger charge is -2.30. The number of anilines is 1. The highest BCUT2D eigenvalue weighted by Crippen LogP contribution is 2.17. The molecule has 0 unspecified atom stereocenters. The number of aromatic nitrogens is 2. The Morgan fingerprint density at radius 2 is 2.10 bits per heavy atom. The summed E-state index contributed by atoms with van der Waals surface area (Å²) in [6, 6.07) is 4.67. The number of nitriles is 1. The smallest absolute Gasteiger partial charge is 0.223 e. The zero-order valence-electron chi connectivity index (χ0n) is 12.6. The van der Waals surface area contributed by atoms with Gasteiger partial charge in [0.25, 0.3) is 0 Å². The lowest BCUT2D eigenvalue weighted by atomic mass is 10.1. The molecule has 5 heteroatoms. The largest absolute Gasteiger partial charge is 0.351 e. The van der Waals surface area contributed by atoms with Gasteiger partial charge in [-0.15, -0.1) is 0 Å². The summed E-state index contributed by atoms with van der Waals surface area (Å²) in [5.74, 6) is 1.15. The molecule has 0 saturated carbocycles. The van der Waals surface area contributed by atoms with Gasteiger partial charge in [-0.3, -0.25) is 4.90 Å². The SMILES string of the molecule is Cc1cc(C(C)C)nc(NC2CCN(CC#N)CC2)n1. The lowest BCUT2D eigenvalue weighted by Crippen LogP contribution is -2.39. The van der Waals surface area contributed by atoms with Crippen LogP contribution in [-0.4, -0.2) is 40.5 Å². The van der Waals surface area contributed by atoms with E-state index in [-0.39, 0.29) is 0 Å². The molecule has 1 fully saturated rings. The van der Waals surface area contributed by atoms with E-state index >= 15 is 0 Å². The summed E-state index contributed by atoms with van der Waals surface area (Å²) < 4.78 is 0. The van der Waals surface area contributed by atoms with Crippen LogP contribution in [0.15, 0.2) is 6.07 Å². The first-order valence-corrected chi connectivity index (χ1v) is 7.30. The second-order valence-corrected chi connectivity index (χ2v) is 5.77. The Hall–Kier alpha value is -1.67. The van der Waals surface area contributed by atoms with Crippen molar-refractivity contribution in [3.8, 4) is 6.07 Å². The summed E-state index contributed by atoms with van der Waals surface area (Å²) in [6.07, 6.45) is 2.08. The highest BCUT2D eigenvalue weighted by atomic mass is 15.2. The Kier molecular flexibility index (Phi) is 4.91. The maximum atomic E-state index is 8.71. The molecule has 0 radical (unpaired) electrons. The van der Waals surface area contributed by atoms with Gasteiger partial charge in [-0.05, 0) is 31.7 Å². The lowest BCUT2D eigenvalue weighted by molar-refractivity contribution is 0.242. The van der Waals surface area contributed by atoms with Crippen molar-refractivity contribution in [2.75, 3.05) is 25.0 Å². The Bertz CT molecular complexity index is 484. The number of likely N-dealkylation sites (tertiary alicyclic amines) is 1. The first kappa shape index (κ1) is 14.7. The molecule has 0 aliphatic carbocycles. The number of hydrogen-bond donors (Lipinski definition) is 1. The minimum Gasteiger partial charge on any atom is -0.351 e. The minimum absolute atomic E-state index is 0.409. The van der Waals surface area contributed by atoms with Crippen LogP contribution in [0.2, 0.25) is 0 Å². The van der Waals surface area contributed by atoms with Crippen LogP contribution < -0.4 is 5.32 Å². The Morgan fingerprint density at radius 1 is 1.40 bits per heavy atom. The van der Waals surface area contributed by atoms with Crippen LogP contribution >= 0.6 is 0 Å². The van der Waals surface area contributed by atoms with E-state index in [4.69, 9.17) is 5.26 Å². The number of nitrogens with zero attached hydrogens (tertiary/aromatic N) is 4. The third-order valence-electron chi connectivity index (χ3n) is 3.68. The summed E-state index contributed by atoms with van der Waals surface area (Å²) in [7, 11) is 0. The maximum absolute atomic E-state index is 8.71. The fourth-order valence-electron chi connectivity index (χ4n) is 2.47. The molecule has 1 N–H and O–H groups in total. The molecule has 1 saturated heterocycles. The fourth-order valence-corrected chi connectivity index (χ4v) is 2.47. The molecule has 108 valence electrons. The normalized spacial score (nSPS) is 17.1. The third kappa shape index (κ3) is 3.91. The maximum Gasteiger partial charge on any atom is 0.223 e. The van der Waals surface area contributed by atoms with Gasteiger partial charge >= 0.3 is 0 Å². The molecule has 5 nitrogen and oxygen atoms in total. The van der Waals surface area contributed by atoms with Crippen LogP contribution in [0.3, 0.4) is 0 Å². The van der Waals surface area contributed by atoms with Crippen molar-refractivity contribution in [3.05, 3.63) is 17.5 Å². The van der Waals surface area contributed by atoms with Gasteiger partial charge in [0.15, 0.2) is 0 Å². The van der Waals surface area contributed by atoms with Gasteiger partial charge in [0.2, 0.25) is 5.95 Å². The van der Waals surface area contributed by atoms with Crippen LogP contribution in [-0.2, 0) is 0 Å². The molecule has 0 bridgehead atoms. The number of piperidine rings is 1. The van der Waals surface area contributed by atoms with Crippen molar-refractivity contribution in [2.24, 2.45) is 0 Å². The van der Waals surface area contributed by atoms with Gasteiger partial charge in [0.1, 0.15) is 0 Å². The van der Waals surface area contributed by atoms with Crippen LogP contribution in [0.25, 0.3) is 0 Å². The van der Waals surface area contributed by atoms with E-state index in [2.05, 4.69) is 40.1 Å². The van der Waals surface area contributed by atoms with Crippen molar-refractivity contribution in [1.29, 1.82) is 5.26 Å². The second kappa shape index (κ2) is 6.67. The molecular formula is C15H23N5. The number of nitrogens with one attached hydrogen (secondary N) is 1. The van der Waals surface area contributed by atoms with Crippen LogP contribution in [0.4, 0.5) is 5.95 Å². The first-order chi connectivity index (χ1) is 9.58. The highest BCUT2D eigenvalue weighted by Gasteiger charge is 2.19. The first-order valence-electron chi connectivity index (χ1n) is 7.30. The van der Waals surface area contributed by atoms with E-state index < -0.39 is 0 Å². The van der Waals surface area contributed by atoms with E-state index in [1.165, 1.54) is 0 Å². The number of hydrogen-bond acceptors (Lipinski definition) is 5. The Balaban J connectivity index is 1.96. The van der Waals surface area contributed by atoms with Crippen molar-refractivity contribution >= 4 is 5.95 Å². The number of aryl methyl sites for hydroxylation is 1. The van der Waals surface area contributed by atoms with Gasteiger partial charge in [-0.2, -0.15) is 5.26 Å². The van der Waals surface area contributed by atoms with Gasteiger partial charge < -0.3 is 5.32 Å². The third-order valence-corrected chi connectivity index (χ3v) is 3.68. The van der Waals surface area contributed by atoms with Crippen LogP contribution in [0.5, 0.6) is 0 Å². The van der Waals surface area contributed by atoms with Crippen molar-refractivity contribution in [2.45, 2.75) is 45.6 Å². The van der Waals surface area contributed by atoms with E-state index in [0.29, 0.717) is 18.5 Å². The molecule has 0 atom stereocenters. The van der Waals surface area contributed by atoms with E-state index in [1.807, 2.05) is 13.0 Å². The minimum atomic E-state index is 0.409. The fraction of sp³-hybridized carbons (Fsp3) is 0.667. The summed E-state index contributed by atoms with van der Waals surface area (Å²) in [4.78, 5) is 11.3. The Labute approximate surface area is 121 Å². The molecular weight excluding hydrogens is 250 g/mol. The summed E-state index contributed by atoms with van der Waals surface area (Å²) in [5, 5.41) is 12.2. The van der Waals surface area contributed by atoms with Gasteiger partial charge in [0.05, 0.1) is 12.6 Å². The summed E-state index contributed by atoms with van der Waals surface area (Å²) in [5.41, 5.74) is 2.09. The summed E-state index contributed by atoms with van der Waals surface area (Å²) >= 11 is 0. The van der Waals surface area contributed by atoms with E-state index in [9.17, 15) is 0 Å². The molecule has 1 aromatic heterocycles. The quantitative estimate of drug-likeness (QED) is 0.853. The van der Waals surface area contributed by atoms with Crippen molar-refractivity contribution < 1.29 is 0 Å². The van der Waals surface area contributed by atoms with Gasteiger partial charge in [0, 0.05) is 30.5 Å². The Morgan fingerprint density at radius 3 is 2.70 bits per heavy atom. The monoisotopic (exact) mass is 273 g/mol. The topological polar surface area (TPSA) is 64.8 Å².